The first-order valence-electron chi connectivity index (χ1n) is 5.77. The summed E-state index contributed by atoms with van der Waals surface area (Å²) in [7, 11) is 0. The van der Waals surface area contributed by atoms with Crippen molar-refractivity contribution in [2.24, 2.45) is 0 Å². The van der Waals surface area contributed by atoms with Gasteiger partial charge in [-0.25, -0.2) is 4.79 Å². The maximum Gasteiger partial charge on any atom is 0.335 e. The zero-order valence-corrected chi connectivity index (χ0v) is 10.1. The number of carboxylic acid groups (broad SMARTS) is 1. The molecule has 2 aromatic carbocycles. The van der Waals surface area contributed by atoms with E-state index < -0.39 is 5.97 Å². The van der Waals surface area contributed by atoms with E-state index in [9.17, 15) is 4.79 Å². The smallest absolute Gasteiger partial charge is 0.335 e. The fourth-order valence-corrected chi connectivity index (χ4v) is 1.74. The number of aromatic carboxylic acids is 1. The Balaban J connectivity index is 2.30. The number of hydrogen-bond donors (Lipinski definition) is 1. The van der Waals surface area contributed by atoms with Crippen LogP contribution in [0.25, 0.3) is 11.1 Å². The van der Waals surface area contributed by atoms with E-state index in [4.69, 9.17) is 9.84 Å². The molecule has 0 amide bonds. The van der Waals surface area contributed by atoms with E-state index in [0.717, 1.165) is 16.9 Å². The van der Waals surface area contributed by atoms with Gasteiger partial charge in [0.25, 0.3) is 0 Å². The highest BCUT2D eigenvalue weighted by molar-refractivity contribution is 5.89. The molecule has 2 rings (SSSR count). The molecular formula is C15H14O3. The van der Waals surface area contributed by atoms with Crippen LogP contribution < -0.4 is 4.74 Å². The van der Waals surface area contributed by atoms with Crippen molar-refractivity contribution in [2.75, 3.05) is 6.61 Å². The van der Waals surface area contributed by atoms with E-state index in [1.807, 2.05) is 37.3 Å². The largest absolute Gasteiger partial charge is 0.494 e. The Morgan fingerprint density at radius 2 is 1.83 bits per heavy atom. The molecule has 0 saturated carbocycles. The van der Waals surface area contributed by atoms with Gasteiger partial charge < -0.3 is 9.84 Å². The quantitative estimate of drug-likeness (QED) is 0.893. The molecule has 0 aliphatic heterocycles. The van der Waals surface area contributed by atoms with E-state index in [-0.39, 0.29) is 0 Å². The fourth-order valence-electron chi connectivity index (χ4n) is 1.74. The highest BCUT2D eigenvalue weighted by Crippen LogP contribution is 2.23. The highest BCUT2D eigenvalue weighted by Gasteiger charge is 2.04. The molecule has 18 heavy (non-hydrogen) atoms. The first kappa shape index (κ1) is 12.2. The van der Waals surface area contributed by atoms with Gasteiger partial charge in [-0.2, -0.15) is 0 Å². The summed E-state index contributed by atoms with van der Waals surface area (Å²) in [6.07, 6.45) is 0. The van der Waals surface area contributed by atoms with Crippen LogP contribution >= 0.6 is 0 Å². The van der Waals surface area contributed by atoms with E-state index in [1.165, 1.54) is 0 Å². The second-order valence-electron chi connectivity index (χ2n) is 3.84. The topological polar surface area (TPSA) is 46.5 Å². The average Bonchev–Trinajstić information content (AvgIpc) is 2.40. The van der Waals surface area contributed by atoms with E-state index in [0.29, 0.717) is 12.2 Å². The van der Waals surface area contributed by atoms with Gasteiger partial charge in [0.1, 0.15) is 5.75 Å². The molecule has 3 nitrogen and oxygen atoms in total. The van der Waals surface area contributed by atoms with Crippen molar-refractivity contribution in [3.63, 3.8) is 0 Å². The average molecular weight is 242 g/mol. The Hall–Kier alpha value is -2.29. The molecule has 0 spiro atoms. The Kier molecular flexibility index (Phi) is 3.63. The van der Waals surface area contributed by atoms with Crippen molar-refractivity contribution < 1.29 is 14.6 Å². The normalized spacial score (nSPS) is 10.1. The van der Waals surface area contributed by atoms with Crippen LogP contribution in [0.15, 0.2) is 48.5 Å². The van der Waals surface area contributed by atoms with Crippen molar-refractivity contribution in [1.29, 1.82) is 0 Å². The Labute approximate surface area is 106 Å². The fraction of sp³-hybridized carbons (Fsp3) is 0.133. The van der Waals surface area contributed by atoms with Crippen LogP contribution in [0.1, 0.15) is 17.3 Å². The van der Waals surface area contributed by atoms with Gasteiger partial charge in [0.15, 0.2) is 0 Å². The Morgan fingerprint density at radius 3 is 2.44 bits per heavy atom. The van der Waals surface area contributed by atoms with Crippen LogP contribution in [0.3, 0.4) is 0 Å². The number of ether oxygens (including phenoxy) is 1. The Bertz CT molecular complexity index is 544. The summed E-state index contributed by atoms with van der Waals surface area (Å²) < 4.78 is 5.36. The van der Waals surface area contributed by atoms with Crippen molar-refractivity contribution in [3.8, 4) is 16.9 Å². The molecule has 0 unspecified atom stereocenters. The molecule has 0 fully saturated rings. The van der Waals surface area contributed by atoms with Gasteiger partial charge in [-0.15, -0.1) is 0 Å². The van der Waals surface area contributed by atoms with Gasteiger partial charge in [0.05, 0.1) is 12.2 Å². The first-order chi connectivity index (χ1) is 8.70. The molecule has 0 radical (unpaired) electrons. The molecule has 0 heterocycles. The maximum absolute atomic E-state index is 10.9. The zero-order chi connectivity index (χ0) is 13.0. The van der Waals surface area contributed by atoms with E-state index >= 15 is 0 Å². The molecule has 0 aromatic heterocycles. The van der Waals surface area contributed by atoms with E-state index in [2.05, 4.69) is 0 Å². The number of carbonyl (C=O) groups is 1. The summed E-state index contributed by atoms with van der Waals surface area (Å²) in [4.78, 5) is 10.9. The molecule has 0 saturated heterocycles. The third-order valence-corrected chi connectivity index (χ3v) is 2.61. The minimum absolute atomic E-state index is 0.293. The lowest BCUT2D eigenvalue weighted by Crippen LogP contribution is -1.95. The van der Waals surface area contributed by atoms with Crippen LogP contribution in [0, 0.1) is 0 Å². The molecule has 0 aliphatic carbocycles. The van der Waals surface area contributed by atoms with Crippen molar-refractivity contribution in [1.82, 2.24) is 0 Å². The molecule has 3 heteroatoms. The molecule has 0 atom stereocenters. The SMILES string of the molecule is CCOc1ccc(-c2cccc(C(=O)O)c2)cc1. The van der Waals surface area contributed by atoms with Gasteiger partial charge >= 0.3 is 5.97 Å². The van der Waals surface area contributed by atoms with Gasteiger partial charge in [0, 0.05) is 0 Å². The van der Waals surface area contributed by atoms with Gasteiger partial charge in [-0.1, -0.05) is 24.3 Å². The number of carboxylic acids is 1. The van der Waals surface area contributed by atoms with E-state index in [1.54, 1.807) is 18.2 Å². The monoisotopic (exact) mass is 242 g/mol. The maximum atomic E-state index is 10.9. The second-order valence-corrected chi connectivity index (χ2v) is 3.84. The van der Waals surface area contributed by atoms with Crippen molar-refractivity contribution in [2.45, 2.75) is 6.92 Å². The number of hydrogen-bond acceptors (Lipinski definition) is 2. The molecule has 2 aromatic rings. The lowest BCUT2D eigenvalue weighted by Gasteiger charge is -2.06. The third-order valence-electron chi connectivity index (χ3n) is 2.61. The standard InChI is InChI=1S/C15H14O3/c1-2-18-14-8-6-11(7-9-14)12-4-3-5-13(10-12)15(16)17/h3-10H,2H2,1H3,(H,16,17). The first-order valence-corrected chi connectivity index (χ1v) is 5.77. The molecule has 0 aliphatic rings. The lowest BCUT2D eigenvalue weighted by molar-refractivity contribution is 0.0697. The second kappa shape index (κ2) is 5.36. The lowest BCUT2D eigenvalue weighted by atomic mass is 10.0. The Morgan fingerprint density at radius 1 is 1.11 bits per heavy atom. The zero-order valence-electron chi connectivity index (χ0n) is 10.1. The van der Waals surface area contributed by atoms with Crippen LogP contribution in [0.5, 0.6) is 5.75 Å². The minimum Gasteiger partial charge on any atom is -0.494 e. The van der Waals surface area contributed by atoms with Crippen LogP contribution in [0.4, 0.5) is 0 Å². The molecular weight excluding hydrogens is 228 g/mol. The van der Waals surface area contributed by atoms with Crippen molar-refractivity contribution >= 4 is 5.97 Å². The highest BCUT2D eigenvalue weighted by atomic mass is 16.5. The predicted molar refractivity (Wildman–Crippen MR) is 70.0 cm³/mol. The molecule has 0 bridgehead atoms. The summed E-state index contributed by atoms with van der Waals surface area (Å²) >= 11 is 0. The van der Waals surface area contributed by atoms with Gasteiger partial charge in [0.2, 0.25) is 0 Å². The number of rotatable bonds is 4. The third kappa shape index (κ3) is 2.69. The molecule has 92 valence electrons. The van der Waals surface area contributed by atoms with Gasteiger partial charge in [-0.3, -0.25) is 0 Å². The predicted octanol–water partition coefficient (Wildman–Crippen LogP) is 3.45. The van der Waals surface area contributed by atoms with Crippen molar-refractivity contribution in [3.05, 3.63) is 54.1 Å². The summed E-state index contributed by atoms with van der Waals surface area (Å²) in [5, 5.41) is 8.95. The summed E-state index contributed by atoms with van der Waals surface area (Å²) in [6, 6.07) is 14.5. The summed E-state index contributed by atoms with van der Waals surface area (Å²) in [5.74, 6) is -0.0987. The number of benzene rings is 2. The minimum atomic E-state index is -0.914. The summed E-state index contributed by atoms with van der Waals surface area (Å²) in [5.41, 5.74) is 2.15. The van der Waals surface area contributed by atoms with Crippen LogP contribution in [0.2, 0.25) is 0 Å². The summed E-state index contributed by atoms with van der Waals surface area (Å²) in [6.45, 7) is 2.57. The van der Waals surface area contributed by atoms with Crippen LogP contribution in [-0.4, -0.2) is 17.7 Å². The van der Waals surface area contributed by atoms with Gasteiger partial charge in [-0.05, 0) is 42.3 Å². The van der Waals surface area contributed by atoms with Crippen LogP contribution in [-0.2, 0) is 0 Å². The molecule has 1 N–H and O–H groups in total.